The zero-order chi connectivity index (χ0) is 14.0. The quantitative estimate of drug-likeness (QED) is 0.835. The Morgan fingerprint density at radius 1 is 1.47 bits per heavy atom. The maximum Gasteiger partial charge on any atom is 0.433 e. The first-order chi connectivity index (χ1) is 8.91. The minimum atomic E-state index is -4.59. The first-order valence-corrected chi connectivity index (χ1v) is 5.86. The first kappa shape index (κ1) is 14.3. The summed E-state index contributed by atoms with van der Waals surface area (Å²) in [5.74, 6) is 0.0367. The van der Waals surface area contributed by atoms with Gasteiger partial charge < -0.3 is 14.7 Å². The van der Waals surface area contributed by atoms with Crippen LogP contribution in [0, 0.1) is 0 Å². The lowest BCUT2D eigenvalue weighted by atomic mass is 10.2. The standard InChI is InChI=1S/C10H11ClF3N3O2/c11-9-15-7(10(12,13)14)3-8(16-9)17-1-2-19-5-6(17)4-18/h3,6,18H,1-2,4-5H2. The number of aliphatic hydroxyl groups is 1. The first-order valence-electron chi connectivity index (χ1n) is 5.49. The zero-order valence-corrected chi connectivity index (χ0v) is 10.4. The Kier molecular flexibility index (Phi) is 4.12. The van der Waals surface area contributed by atoms with Crippen LogP contribution in [-0.4, -0.2) is 47.5 Å². The Balaban J connectivity index is 2.35. The average Bonchev–Trinajstić information content (AvgIpc) is 2.37. The van der Waals surface area contributed by atoms with Gasteiger partial charge in [0.2, 0.25) is 5.28 Å². The molecule has 106 valence electrons. The van der Waals surface area contributed by atoms with Gasteiger partial charge in [0, 0.05) is 12.6 Å². The number of morpholine rings is 1. The van der Waals surface area contributed by atoms with Crippen LogP contribution >= 0.6 is 11.6 Å². The lowest BCUT2D eigenvalue weighted by molar-refractivity contribution is -0.141. The molecule has 0 aliphatic carbocycles. The predicted molar refractivity (Wildman–Crippen MR) is 61.1 cm³/mol. The van der Waals surface area contributed by atoms with E-state index in [1.54, 1.807) is 0 Å². The second-order valence-corrected chi connectivity index (χ2v) is 4.32. The number of rotatable bonds is 2. The van der Waals surface area contributed by atoms with Gasteiger partial charge in [0.25, 0.3) is 0 Å². The van der Waals surface area contributed by atoms with Crippen molar-refractivity contribution in [2.24, 2.45) is 0 Å². The maximum atomic E-state index is 12.7. The smallest absolute Gasteiger partial charge is 0.394 e. The summed E-state index contributed by atoms with van der Waals surface area (Å²) in [6.45, 7) is 0.651. The fourth-order valence-corrected chi connectivity index (χ4v) is 1.98. The van der Waals surface area contributed by atoms with Gasteiger partial charge in [-0.05, 0) is 11.6 Å². The third-order valence-electron chi connectivity index (χ3n) is 2.71. The summed E-state index contributed by atoms with van der Waals surface area (Å²) < 4.78 is 43.1. The van der Waals surface area contributed by atoms with Gasteiger partial charge in [-0.2, -0.15) is 13.2 Å². The lowest BCUT2D eigenvalue weighted by Crippen LogP contribution is -2.48. The topological polar surface area (TPSA) is 58.5 Å². The predicted octanol–water partition coefficient (Wildman–Crippen LogP) is 1.35. The van der Waals surface area contributed by atoms with Gasteiger partial charge in [0.15, 0.2) is 5.69 Å². The molecule has 0 radical (unpaired) electrons. The highest BCUT2D eigenvalue weighted by molar-refractivity contribution is 6.28. The van der Waals surface area contributed by atoms with E-state index < -0.39 is 23.2 Å². The maximum absolute atomic E-state index is 12.7. The molecule has 1 atom stereocenters. The number of alkyl halides is 3. The molecular formula is C10H11ClF3N3O2. The van der Waals surface area contributed by atoms with Crippen molar-refractivity contribution in [2.75, 3.05) is 31.3 Å². The number of aromatic nitrogens is 2. The molecule has 0 aromatic carbocycles. The molecule has 2 rings (SSSR count). The van der Waals surface area contributed by atoms with Crippen LogP contribution in [0.4, 0.5) is 19.0 Å². The van der Waals surface area contributed by atoms with Crippen LogP contribution in [0.5, 0.6) is 0 Å². The summed E-state index contributed by atoms with van der Waals surface area (Å²) >= 11 is 5.52. The Hall–Kier alpha value is -1.12. The largest absolute Gasteiger partial charge is 0.433 e. The molecule has 2 heterocycles. The fraction of sp³-hybridized carbons (Fsp3) is 0.600. The molecule has 1 unspecified atom stereocenters. The van der Waals surface area contributed by atoms with Crippen molar-refractivity contribution < 1.29 is 23.0 Å². The Bertz CT molecular complexity index is 458. The summed E-state index contributed by atoms with van der Waals surface area (Å²) in [6.07, 6.45) is -4.59. The van der Waals surface area contributed by atoms with Gasteiger partial charge in [-0.15, -0.1) is 0 Å². The molecule has 1 N–H and O–H groups in total. The average molecular weight is 298 g/mol. The van der Waals surface area contributed by atoms with Crippen LogP contribution in [0.15, 0.2) is 6.07 Å². The summed E-state index contributed by atoms with van der Waals surface area (Å²) in [6, 6.07) is 0.376. The number of hydrogen-bond donors (Lipinski definition) is 1. The van der Waals surface area contributed by atoms with Crippen LogP contribution < -0.4 is 4.90 Å². The van der Waals surface area contributed by atoms with E-state index >= 15 is 0 Å². The van der Waals surface area contributed by atoms with E-state index in [2.05, 4.69) is 9.97 Å². The van der Waals surface area contributed by atoms with Crippen LogP contribution in [0.2, 0.25) is 5.28 Å². The van der Waals surface area contributed by atoms with Gasteiger partial charge in [-0.1, -0.05) is 0 Å². The van der Waals surface area contributed by atoms with Crippen molar-refractivity contribution in [3.8, 4) is 0 Å². The molecule has 0 amide bonds. The van der Waals surface area contributed by atoms with E-state index in [0.717, 1.165) is 6.07 Å². The minimum absolute atomic E-state index is 0.0367. The molecule has 9 heteroatoms. The molecule has 5 nitrogen and oxygen atoms in total. The van der Waals surface area contributed by atoms with Crippen LogP contribution in [0.1, 0.15) is 5.69 Å². The van der Waals surface area contributed by atoms with Crippen molar-refractivity contribution in [1.29, 1.82) is 0 Å². The molecule has 1 aliphatic heterocycles. The Labute approximate surface area is 112 Å². The zero-order valence-electron chi connectivity index (χ0n) is 9.69. The molecule has 19 heavy (non-hydrogen) atoms. The second kappa shape index (κ2) is 5.48. The third-order valence-corrected chi connectivity index (χ3v) is 2.88. The molecule has 1 aromatic heterocycles. The SMILES string of the molecule is OCC1COCCN1c1cc(C(F)(F)F)nc(Cl)n1. The van der Waals surface area contributed by atoms with Crippen LogP contribution in [0.25, 0.3) is 0 Å². The number of nitrogens with zero attached hydrogens (tertiary/aromatic N) is 3. The highest BCUT2D eigenvalue weighted by Gasteiger charge is 2.35. The monoisotopic (exact) mass is 297 g/mol. The van der Waals surface area contributed by atoms with Gasteiger partial charge in [-0.25, -0.2) is 9.97 Å². The molecule has 0 bridgehead atoms. The van der Waals surface area contributed by atoms with Crippen LogP contribution in [-0.2, 0) is 10.9 Å². The van der Waals surface area contributed by atoms with Gasteiger partial charge >= 0.3 is 6.18 Å². The highest BCUT2D eigenvalue weighted by atomic mass is 35.5. The highest BCUT2D eigenvalue weighted by Crippen LogP contribution is 2.31. The van der Waals surface area contributed by atoms with E-state index in [-0.39, 0.29) is 19.0 Å². The summed E-state index contributed by atoms with van der Waals surface area (Å²) in [5, 5.41) is 8.72. The third kappa shape index (κ3) is 3.26. The number of anilines is 1. The Morgan fingerprint density at radius 2 is 2.21 bits per heavy atom. The van der Waals surface area contributed by atoms with Crippen molar-refractivity contribution in [1.82, 2.24) is 9.97 Å². The molecule has 1 saturated heterocycles. The molecule has 1 fully saturated rings. The lowest BCUT2D eigenvalue weighted by Gasteiger charge is -2.35. The number of halogens is 4. The minimum Gasteiger partial charge on any atom is -0.394 e. The summed E-state index contributed by atoms with van der Waals surface area (Å²) in [7, 11) is 0. The molecule has 0 spiro atoms. The number of hydrogen-bond acceptors (Lipinski definition) is 5. The number of aliphatic hydroxyl groups excluding tert-OH is 1. The number of ether oxygens (including phenoxy) is 1. The van der Waals surface area contributed by atoms with Gasteiger partial charge in [0.05, 0.1) is 25.9 Å². The Morgan fingerprint density at radius 3 is 2.84 bits per heavy atom. The molecule has 1 aromatic rings. The normalized spacial score (nSPS) is 20.7. The molecule has 0 saturated carbocycles. The van der Waals surface area contributed by atoms with E-state index in [4.69, 9.17) is 16.3 Å². The van der Waals surface area contributed by atoms with Crippen molar-refractivity contribution in [3.05, 3.63) is 17.0 Å². The van der Waals surface area contributed by atoms with Gasteiger partial charge in [-0.3, -0.25) is 0 Å². The molecular weight excluding hydrogens is 287 g/mol. The van der Waals surface area contributed by atoms with E-state index in [1.807, 2.05) is 0 Å². The summed E-state index contributed by atoms with van der Waals surface area (Å²) in [5.41, 5.74) is -1.11. The van der Waals surface area contributed by atoms with E-state index in [0.29, 0.717) is 13.2 Å². The van der Waals surface area contributed by atoms with E-state index in [9.17, 15) is 18.3 Å². The van der Waals surface area contributed by atoms with Gasteiger partial charge in [0.1, 0.15) is 5.82 Å². The molecule has 1 aliphatic rings. The van der Waals surface area contributed by atoms with E-state index in [1.165, 1.54) is 4.90 Å². The van der Waals surface area contributed by atoms with Crippen molar-refractivity contribution >= 4 is 17.4 Å². The second-order valence-electron chi connectivity index (χ2n) is 3.98. The van der Waals surface area contributed by atoms with Crippen molar-refractivity contribution in [2.45, 2.75) is 12.2 Å². The van der Waals surface area contributed by atoms with Crippen molar-refractivity contribution in [3.63, 3.8) is 0 Å². The fourth-order valence-electron chi connectivity index (χ4n) is 1.81. The van der Waals surface area contributed by atoms with Crippen LogP contribution in [0.3, 0.4) is 0 Å². The summed E-state index contributed by atoms with van der Waals surface area (Å²) in [4.78, 5) is 8.48.